The molecule has 1 aromatic rings. The van der Waals surface area contributed by atoms with Gasteiger partial charge in [-0.05, 0) is 37.5 Å². The number of benzene rings is 1. The number of nitrogens with one attached hydrogen (secondary N) is 1. The van der Waals surface area contributed by atoms with E-state index in [1.807, 2.05) is 19.1 Å². The van der Waals surface area contributed by atoms with Gasteiger partial charge in [-0.25, -0.2) is 8.42 Å². The van der Waals surface area contributed by atoms with Crippen LogP contribution in [-0.2, 0) is 9.84 Å². The molecule has 0 aliphatic carbocycles. The molecule has 1 heterocycles. The molecule has 2 rings (SSSR count). The summed E-state index contributed by atoms with van der Waals surface area (Å²) in [7, 11) is -2.90. The normalized spacial score (nSPS) is 27.3. The Morgan fingerprint density at radius 2 is 2.00 bits per heavy atom. The van der Waals surface area contributed by atoms with E-state index >= 15 is 0 Å². The van der Waals surface area contributed by atoms with Gasteiger partial charge >= 0.3 is 0 Å². The third kappa shape index (κ3) is 3.48. The number of sulfone groups is 1. The maximum Gasteiger partial charge on any atom is 0.152 e. The average Bonchev–Trinajstić information content (AvgIpc) is 2.62. The Kier molecular flexibility index (Phi) is 3.87. The predicted octanol–water partition coefficient (Wildman–Crippen LogP) is 2.01. The fraction of sp³-hybridized carbons (Fsp3) is 0.571. The van der Waals surface area contributed by atoms with Crippen molar-refractivity contribution in [2.24, 2.45) is 0 Å². The third-order valence-corrected chi connectivity index (χ3v) is 5.63. The Morgan fingerprint density at radius 3 is 2.47 bits per heavy atom. The standard InChI is InChI=1S/C14H21NO3S/c1-3-13(11-4-6-12(16)7-5-11)15-14(2)8-9-19(17,18)10-14/h4-7,13,15-16H,3,8-10H2,1-2H3. The molecule has 2 N–H and O–H groups in total. The monoisotopic (exact) mass is 283 g/mol. The van der Waals surface area contributed by atoms with Crippen LogP contribution in [0.25, 0.3) is 0 Å². The number of phenolic OH excluding ortho intramolecular Hbond substituents is 1. The van der Waals surface area contributed by atoms with Crippen molar-refractivity contribution in [2.75, 3.05) is 11.5 Å². The van der Waals surface area contributed by atoms with Crippen molar-refractivity contribution in [3.8, 4) is 5.75 Å². The van der Waals surface area contributed by atoms with Crippen LogP contribution < -0.4 is 5.32 Å². The van der Waals surface area contributed by atoms with E-state index in [0.29, 0.717) is 6.42 Å². The van der Waals surface area contributed by atoms with E-state index in [1.165, 1.54) is 0 Å². The van der Waals surface area contributed by atoms with Crippen LogP contribution in [-0.4, -0.2) is 30.6 Å². The molecule has 4 nitrogen and oxygen atoms in total. The second-order valence-corrected chi connectivity index (χ2v) is 7.78. The van der Waals surface area contributed by atoms with Crippen molar-refractivity contribution < 1.29 is 13.5 Å². The number of hydrogen-bond donors (Lipinski definition) is 2. The molecule has 1 aliphatic rings. The molecule has 0 amide bonds. The summed E-state index contributed by atoms with van der Waals surface area (Å²) in [5, 5.41) is 12.8. The zero-order chi connectivity index (χ0) is 14.1. The van der Waals surface area contributed by atoms with Crippen LogP contribution in [0, 0.1) is 0 Å². The van der Waals surface area contributed by atoms with Gasteiger partial charge in [-0.2, -0.15) is 0 Å². The van der Waals surface area contributed by atoms with E-state index in [9.17, 15) is 13.5 Å². The van der Waals surface area contributed by atoms with Gasteiger partial charge in [0.1, 0.15) is 5.75 Å². The Labute approximate surface area is 114 Å². The van der Waals surface area contributed by atoms with E-state index < -0.39 is 9.84 Å². The maximum atomic E-state index is 11.6. The summed E-state index contributed by atoms with van der Waals surface area (Å²) in [4.78, 5) is 0. The Hall–Kier alpha value is -1.07. The highest BCUT2D eigenvalue weighted by molar-refractivity contribution is 7.91. The fourth-order valence-corrected chi connectivity index (χ4v) is 4.78. The van der Waals surface area contributed by atoms with E-state index in [4.69, 9.17) is 0 Å². The van der Waals surface area contributed by atoms with Crippen LogP contribution >= 0.6 is 0 Å². The summed E-state index contributed by atoms with van der Waals surface area (Å²) in [6, 6.07) is 7.19. The molecular formula is C14H21NO3S. The summed E-state index contributed by atoms with van der Waals surface area (Å²) in [5.41, 5.74) is 0.725. The summed E-state index contributed by atoms with van der Waals surface area (Å²) in [6.07, 6.45) is 1.53. The smallest absolute Gasteiger partial charge is 0.152 e. The summed E-state index contributed by atoms with van der Waals surface area (Å²) in [5.74, 6) is 0.713. The SMILES string of the molecule is CCC(NC1(C)CCS(=O)(=O)C1)c1ccc(O)cc1. The molecule has 2 atom stereocenters. The molecule has 0 saturated carbocycles. The maximum absolute atomic E-state index is 11.6. The highest BCUT2D eigenvalue weighted by Gasteiger charge is 2.39. The zero-order valence-electron chi connectivity index (χ0n) is 11.4. The van der Waals surface area contributed by atoms with Gasteiger partial charge in [-0.15, -0.1) is 0 Å². The molecule has 0 spiro atoms. The van der Waals surface area contributed by atoms with Crippen LogP contribution in [0.5, 0.6) is 5.75 Å². The van der Waals surface area contributed by atoms with Gasteiger partial charge in [-0.1, -0.05) is 19.1 Å². The van der Waals surface area contributed by atoms with Crippen LogP contribution in [0.2, 0.25) is 0 Å². The molecule has 5 heteroatoms. The lowest BCUT2D eigenvalue weighted by Gasteiger charge is -2.30. The van der Waals surface area contributed by atoms with Gasteiger partial charge in [0.25, 0.3) is 0 Å². The molecule has 0 radical (unpaired) electrons. The van der Waals surface area contributed by atoms with Crippen LogP contribution in [0.3, 0.4) is 0 Å². The van der Waals surface area contributed by atoms with Crippen molar-refractivity contribution in [1.29, 1.82) is 0 Å². The number of phenols is 1. The van der Waals surface area contributed by atoms with Crippen molar-refractivity contribution in [3.63, 3.8) is 0 Å². The molecule has 0 bridgehead atoms. The molecule has 2 unspecified atom stereocenters. The molecule has 1 aliphatic heterocycles. The van der Waals surface area contributed by atoms with E-state index in [2.05, 4.69) is 12.2 Å². The minimum atomic E-state index is -2.90. The lowest BCUT2D eigenvalue weighted by atomic mass is 9.96. The van der Waals surface area contributed by atoms with Gasteiger partial charge in [-0.3, -0.25) is 0 Å². The summed E-state index contributed by atoms with van der Waals surface area (Å²) in [6.45, 7) is 4.04. The molecular weight excluding hydrogens is 262 g/mol. The predicted molar refractivity (Wildman–Crippen MR) is 76.0 cm³/mol. The molecule has 1 aromatic carbocycles. The zero-order valence-corrected chi connectivity index (χ0v) is 12.2. The van der Waals surface area contributed by atoms with Gasteiger partial charge in [0.05, 0.1) is 11.5 Å². The van der Waals surface area contributed by atoms with Gasteiger partial charge in [0.15, 0.2) is 9.84 Å². The first-order valence-corrected chi connectivity index (χ1v) is 8.43. The average molecular weight is 283 g/mol. The van der Waals surface area contributed by atoms with Crippen LogP contribution in [0.1, 0.15) is 38.3 Å². The number of aromatic hydroxyl groups is 1. The molecule has 19 heavy (non-hydrogen) atoms. The van der Waals surface area contributed by atoms with Gasteiger partial charge in [0.2, 0.25) is 0 Å². The van der Waals surface area contributed by atoms with Crippen molar-refractivity contribution >= 4 is 9.84 Å². The fourth-order valence-electron chi connectivity index (χ4n) is 2.67. The second kappa shape index (κ2) is 5.13. The number of hydrogen-bond acceptors (Lipinski definition) is 4. The minimum Gasteiger partial charge on any atom is -0.508 e. The Bertz CT molecular complexity index is 538. The quantitative estimate of drug-likeness (QED) is 0.887. The van der Waals surface area contributed by atoms with Crippen LogP contribution in [0.4, 0.5) is 0 Å². The van der Waals surface area contributed by atoms with Crippen molar-refractivity contribution in [2.45, 2.75) is 38.3 Å². The van der Waals surface area contributed by atoms with Crippen molar-refractivity contribution in [3.05, 3.63) is 29.8 Å². The van der Waals surface area contributed by atoms with E-state index in [1.54, 1.807) is 12.1 Å². The van der Waals surface area contributed by atoms with E-state index in [-0.39, 0.29) is 28.8 Å². The lowest BCUT2D eigenvalue weighted by Crippen LogP contribution is -2.45. The van der Waals surface area contributed by atoms with E-state index in [0.717, 1.165) is 12.0 Å². The van der Waals surface area contributed by atoms with Crippen molar-refractivity contribution in [1.82, 2.24) is 5.32 Å². The van der Waals surface area contributed by atoms with Gasteiger partial charge in [0, 0.05) is 11.6 Å². The highest BCUT2D eigenvalue weighted by atomic mass is 32.2. The molecule has 1 saturated heterocycles. The summed E-state index contributed by atoms with van der Waals surface area (Å²) >= 11 is 0. The third-order valence-electron chi connectivity index (χ3n) is 3.73. The molecule has 106 valence electrons. The summed E-state index contributed by atoms with van der Waals surface area (Å²) < 4.78 is 23.2. The minimum absolute atomic E-state index is 0.110. The van der Waals surface area contributed by atoms with Gasteiger partial charge < -0.3 is 10.4 Å². The number of rotatable bonds is 4. The second-order valence-electron chi connectivity index (χ2n) is 5.60. The van der Waals surface area contributed by atoms with Crippen LogP contribution in [0.15, 0.2) is 24.3 Å². The first-order chi connectivity index (χ1) is 8.84. The first kappa shape index (κ1) is 14.3. The largest absolute Gasteiger partial charge is 0.508 e. The first-order valence-electron chi connectivity index (χ1n) is 6.61. The lowest BCUT2D eigenvalue weighted by molar-refractivity contribution is 0.337. The molecule has 1 fully saturated rings. The Morgan fingerprint density at radius 1 is 1.37 bits per heavy atom. The Balaban J connectivity index is 2.14. The topological polar surface area (TPSA) is 66.4 Å². The molecule has 0 aromatic heterocycles. The highest BCUT2D eigenvalue weighted by Crippen LogP contribution is 2.28.